The number of nitrogens with zero attached hydrogens (tertiary/aromatic N) is 3. The summed E-state index contributed by atoms with van der Waals surface area (Å²) in [6.07, 6.45) is 5.09. The van der Waals surface area contributed by atoms with Crippen molar-refractivity contribution in [1.82, 2.24) is 14.5 Å². The second kappa shape index (κ2) is 4.97. The minimum absolute atomic E-state index is 0.0752. The van der Waals surface area contributed by atoms with Gasteiger partial charge in [0.25, 0.3) is 0 Å². The van der Waals surface area contributed by atoms with Crippen molar-refractivity contribution in [1.29, 1.82) is 0 Å². The average Bonchev–Trinajstić information content (AvgIpc) is 2.87. The van der Waals surface area contributed by atoms with Crippen LogP contribution in [0.5, 0.6) is 0 Å². The van der Waals surface area contributed by atoms with Crippen LogP contribution in [0, 0.1) is 5.92 Å². The van der Waals surface area contributed by atoms with Gasteiger partial charge in [-0.3, -0.25) is 0 Å². The van der Waals surface area contributed by atoms with Gasteiger partial charge in [-0.2, -0.15) is 0 Å². The molecule has 2 atom stereocenters. The lowest BCUT2D eigenvalue weighted by molar-refractivity contribution is 0.331. The molecule has 1 aliphatic rings. The quantitative estimate of drug-likeness (QED) is 0.834. The van der Waals surface area contributed by atoms with Gasteiger partial charge in [-0.25, -0.2) is 4.98 Å². The molecule has 4 nitrogen and oxygen atoms in total. The van der Waals surface area contributed by atoms with Gasteiger partial charge in [-0.05, 0) is 32.4 Å². The van der Waals surface area contributed by atoms with Crippen LogP contribution in [0.3, 0.4) is 0 Å². The largest absolute Gasteiger partial charge is 0.333 e. The second-order valence-corrected chi connectivity index (χ2v) is 4.81. The topological polar surface area (TPSA) is 47.1 Å². The van der Waals surface area contributed by atoms with Crippen LogP contribution in [0.25, 0.3) is 0 Å². The molecule has 90 valence electrons. The maximum Gasteiger partial charge on any atom is 0.0948 e. The molecular formula is C12H22N4. The lowest BCUT2D eigenvalue weighted by Crippen LogP contribution is -2.22. The van der Waals surface area contributed by atoms with E-state index in [4.69, 9.17) is 5.73 Å². The van der Waals surface area contributed by atoms with E-state index in [9.17, 15) is 0 Å². The fourth-order valence-electron chi connectivity index (χ4n) is 2.49. The third-order valence-corrected chi connectivity index (χ3v) is 3.48. The Morgan fingerprint density at radius 2 is 2.44 bits per heavy atom. The summed E-state index contributed by atoms with van der Waals surface area (Å²) in [5, 5.41) is 0. The van der Waals surface area contributed by atoms with E-state index in [-0.39, 0.29) is 6.04 Å². The first-order valence-corrected chi connectivity index (χ1v) is 6.18. The van der Waals surface area contributed by atoms with Gasteiger partial charge in [0.1, 0.15) is 0 Å². The monoisotopic (exact) mass is 222 g/mol. The van der Waals surface area contributed by atoms with Gasteiger partial charge in [0, 0.05) is 25.3 Å². The highest BCUT2D eigenvalue weighted by Gasteiger charge is 2.22. The summed E-state index contributed by atoms with van der Waals surface area (Å²) in [7, 11) is 0. The van der Waals surface area contributed by atoms with Crippen LogP contribution in [-0.4, -0.2) is 34.1 Å². The molecular weight excluding hydrogens is 200 g/mol. The molecule has 2 heterocycles. The van der Waals surface area contributed by atoms with Gasteiger partial charge >= 0.3 is 0 Å². The van der Waals surface area contributed by atoms with Crippen LogP contribution < -0.4 is 5.73 Å². The van der Waals surface area contributed by atoms with E-state index < -0.39 is 0 Å². The van der Waals surface area contributed by atoms with Gasteiger partial charge in [-0.1, -0.05) is 6.92 Å². The van der Waals surface area contributed by atoms with Crippen LogP contribution in [0.4, 0.5) is 0 Å². The van der Waals surface area contributed by atoms with Gasteiger partial charge < -0.3 is 15.2 Å². The maximum absolute atomic E-state index is 5.92. The third kappa shape index (κ3) is 2.44. The first-order chi connectivity index (χ1) is 7.70. The molecule has 0 spiro atoms. The maximum atomic E-state index is 5.92. The molecule has 1 saturated heterocycles. The smallest absolute Gasteiger partial charge is 0.0948 e. The number of aromatic nitrogens is 2. The number of hydrogen-bond donors (Lipinski definition) is 1. The molecule has 0 aromatic carbocycles. The Labute approximate surface area is 97.4 Å². The van der Waals surface area contributed by atoms with Crippen LogP contribution in [0.1, 0.15) is 32.0 Å². The number of rotatable bonds is 4. The van der Waals surface area contributed by atoms with Gasteiger partial charge in [0.05, 0.1) is 12.0 Å². The molecule has 16 heavy (non-hydrogen) atoms. The molecule has 1 aliphatic heterocycles. The molecule has 1 fully saturated rings. The lowest BCUT2D eigenvalue weighted by Gasteiger charge is -2.16. The Balaban J connectivity index is 1.96. The molecule has 1 unspecified atom stereocenters. The van der Waals surface area contributed by atoms with Crippen molar-refractivity contribution < 1.29 is 0 Å². The average molecular weight is 222 g/mol. The molecule has 0 aliphatic carbocycles. The highest BCUT2D eigenvalue weighted by Crippen LogP contribution is 2.19. The Morgan fingerprint density at radius 1 is 1.62 bits per heavy atom. The fraction of sp³-hybridized carbons (Fsp3) is 0.750. The predicted molar refractivity (Wildman–Crippen MR) is 65.1 cm³/mol. The first kappa shape index (κ1) is 11.6. The van der Waals surface area contributed by atoms with Crippen LogP contribution in [0.15, 0.2) is 12.5 Å². The molecule has 0 radical (unpaired) electrons. The normalized spacial score (nSPS) is 23.8. The fourth-order valence-corrected chi connectivity index (χ4v) is 2.49. The molecule has 1 aromatic heterocycles. The van der Waals surface area contributed by atoms with Gasteiger partial charge in [-0.15, -0.1) is 0 Å². The van der Waals surface area contributed by atoms with E-state index in [1.54, 1.807) is 0 Å². The van der Waals surface area contributed by atoms with Crippen LogP contribution in [0.2, 0.25) is 0 Å². The number of likely N-dealkylation sites (tertiary alicyclic amines) is 1. The summed E-state index contributed by atoms with van der Waals surface area (Å²) < 4.78 is 2.22. The Kier molecular flexibility index (Phi) is 3.61. The zero-order chi connectivity index (χ0) is 11.5. The molecule has 0 bridgehead atoms. The highest BCUT2D eigenvalue weighted by molar-refractivity contribution is 5.03. The summed E-state index contributed by atoms with van der Waals surface area (Å²) in [6, 6.07) is 0.0752. The Hall–Kier alpha value is -0.870. The number of imidazole rings is 1. The zero-order valence-corrected chi connectivity index (χ0v) is 10.3. The van der Waals surface area contributed by atoms with Crippen molar-refractivity contribution in [3.05, 3.63) is 18.2 Å². The lowest BCUT2D eigenvalue weighted by atomic mass is 10.1. The van der Waals surface area contributed by atoms with E-state index in [1.165, 1.54) is 26.1 Å². The summed E-state index contributed by atoms with van der Waals surface area (Å²) >= 11 is 0. The second-order valence-electron chi connectivity index (χ2n) is 4.81. The van der Waals surface area contributed by atoms with Crippen LogP contribution in [-0.2, 0) is 6.54 Å². The van der Waals surface area contributed by atoms with E-state index >= 15 is 0 Å². The van der Waals surface area contributed by atoms with E-state index in [1.807, 2.05) is 19.4 Å². The Morgan fingerprint density at radius 3 is 3.06 bits per heavy atom. The third-order valence-electron chi connectivity index (χ3n) is 3.48. The van der Waals surface area contributed by atoms with E-state index in [0.717, 1.165) is 18.2 Å². The predicted octanol–water partition coefficient (Wildman–Crippen LogP) is 1.24. The zero-order valence-electron chi connectivity index (χ0n) is 10.3. The van der Waals surface area contributed by atoms with Crippen molar-refractivity contribution >= 4 is 0 Å². The molecule has 1 aromatic rings. The summed E-state index contributed by atoms with van der Waals surface area (Å²) in [4.78, 5) is 6.70. The van der Waals surface area contributed by atoms with Crippen molar-refractivity contribution in [3.8, 4) is 0 Å². The standard InChI is InChI=1S/C12H22N4/c1-3-15-5-4-11(7-15)8-16-9-14-6-12(16)10(2)13/h6,9-11H,3-5,7-8,13H2,1-2H3/t10-,11?/m0/s1. The van der Waals surface area contributed by atoms with E-state index in [0.29, 0.717) is 0 Å². The SMILES string of the molecule is CCN1CCC(Cn2cncc2[C@H](C)N)C1. The first-order valence-electron chi connectivity index (χ1n) is 6.18. The number of nitrogens with two attached hydrogens (primary N) is 1. The molecule has 2 N–H and O–H groups in total. The molecule has 2 rings (SSSR count). The summed E-state index contributed by atoms with van der Waals surface area (Å²) in [6.45, 7) is 8.93. The summed E-state index contributed by atoms with van der Waals surface area (Å²) in [5.74, 6) is 0.756. The van der Waals surface area contributed by atoms with Gasteiger partial charge in [0.2, 0.25) is 0 Å². The van der Waals surface area contributed by atoms with Gasteiger partial charge in [0.15, 0.2) is 0 Å². The van der Waals surface area contributed by atoms with Crippen molar-refractivity contribution in [2.24, 2.45) is 11.7 Å². The minimum Gasteiger partial charge on any atom is -0.333 e. The Bertz CT molecular complexity index is 332. The highest BCUT2D eigenvalue weighted by atomic mass is 15.2. The molecule has 0 saturated carbocycles. The molecule has 4 heteroatoms. The number of hydrogen-bond acceptors (Lipinski definition) is 3. The van der Waals surface area contributed by atoms with Crippen LogP contribution >= 0.6 is 0 Å². The minimum atomic E-state index is 0.0752. The van der Waals surface area contributed by atoms with Crippen molar-refractivity contribution in [2.45, 2.75) is 32.9 Å². The van der Waals surface area contributed by atoms with E-state index in [2.05, 4.69) is 21.4 Å². The van der Waals surface area contributed by atoms with Crippen molar-refractivity contribution in [2.75, 3.05) is 19.6 Å². The summed E-state index contributed by atoms with van der Waals surface area (Å²) in [5.41, 5.74) is 7.06. The van der Waals surface area contributed by atoms with Crippen molar-refractivity contribution in [3.63, 3.8) is 0 Å². The molecule has 0 amide bonds.